The molecule has 0 saturated carbocycles. The third kappa shape index (κ3) is 3.39. The first-order valence-corrected chi connectivity index (χ1v) is 7.68. The number of benzene rings is 1. The maximum atomic E-state index is 13.8. The van der Waals surface area contributed by atoms with Crippen LogP contribution in [0.15, 0.2) is 12.1 Å². The van der Waals surface area contributed by atoms with Crippen molar-refractivity contribution >= 4 is 0 Å². The molecule has 2 rings (SSSR count). The van der Waals surface area contributed by atoms with Crippen molar-refractivity contribution < 1.29 is 9.13 Å². The first-order chi connectivity index (χ1) is 9.52. The molecule has 1 aromatic carbocycles. The summed E-state index contributed by atoms with van der Waals surface area (Å²) in [6.45, 7) is 8.90. The molecule has 20 heavy (non-hydrogen) atoms. The highest BCUT2D eigenvalue weighted by Gasteiger charge is 2.30. The van der Waals surface area contributed by atoms with Crippen molar-refractivity contribution in [3.05, 3.63) is 34.6 Å². The van der Waals surface area contributed by atoms with Crippen molar-refractivity contribution in [1.29, 1.82) is 0 Å². The molecule has 0 radical (unpaired) electrons. The highest BCUT2D eigenvalue weighted by Crippen LogP contribution is 2.31. The molecule has 0 amide bonds. The van der Waals surface area contributed by atoms with Crippen molar-refractivity contribution in [2.24, 2.45) is 0 Å². The molecule has 0 bridgehead atoms. The van der Waals surface area contributed by atoms with Crippen LogP contribution in [0.25, 0.3) is 0 Å². The van der Waals surface area contributed by atoms with Gasteiger partial charge in [-0.3, -0.25) is 0 Å². The van der Waals surface area contributed by atoms with Gasteiger partial charge >= 0.3 is 0 Å². The Bertz CT molecular complexity index is 437. The van der Waals surface area contributed by atoms with E-state index in [-0.39, 0.29) is 18.0 Å². The fourth-order valence-corrected chi connectivity index (χ4v) is 3.00. The van der Waals surface area contributed by atoms with Gasteiger partial charge in [-0.1, -0.05) is 19.1 Å². The quantitative estimate of drug-likeness (QED) is 0.878. The lowest BCUT2D eigenvalue weighted by Gasteiger charge is -2.26. The first kappa shape index (κ1) is 15.5. The highest BCUT2D eigenvalue weighted by atomic mass is 19.1. The molecule has 0 aliphatic carbocycles. The van der Waals surface area contributed by atoms with Crippen LogP contribution in [0.3, 0.4) is 0 Å². The molecule has 112 valence electrons. The van der Waals surface area contributed by atoms with Crippen LogP contribution in [-0.2, 0) is 4.74 Å². The van der Waals surface area contributed by atoms with Crippen LogP contribution in [-0.4, -0.2) is 18.8 Å². The lowest BCUT2D eigenvalue weighted by molar-refractivity contribution is 0.0316. The molecule has 3 atom stereocenters. The number of ether oxygens (including phenoxy) is 1. The van der Waals surface area contributed by atoms with Gasteiger partial charge in [0.1, 0.15) is 5.82 Å². The first-order valence-electron chi connectivity index (χ1n) is 7.68. The lowest BCUT2D eigenvalue weighted by atomic mass is 9.95. The van der Waals surface area contributed by atoms with E-state index in [4.69, 9.17) is 4.74 Å². The Kier molecular flexibility index (Phi) is 5.17. The van der Waals surface area contributed by atoms with Crippen molar-refractivity contribution in [1.82, 2.24) is 5.32 Å². The number of hydrogen-bond acceptors (Lipinski definition) is 2. The standard InChI is InChI=1S/C17H26FNO/c1-5-8-19-17(15-7-6-13(4)20-15)14-9-11(2)16(18)12(3)10-14/h9-10,13,15,17,19H,5-8H2,1-4H3. The van der Waals surface area contributed by atoms with Crippen LogP contribution >= 0.6 is 0 Å². The number of halogens is 1. The van der Waals surface area contributed by atoms with Gasteiger partial charge in [-0.05, 0) is 63.3 Å². The predicted molar refractivity (Wildman–Crippen MR) is 80.5 cm³/mol. The van der Waals surface area contributed by atoms with Crippen LogP contribution in [0.4, 0.5) is 4.39 Å². The van der Waals surface area contributed by atoms with Crippen molar-refractivity contribution in [3.63, 3.8) is 0 Å². The van der Waals surface area contributed by atoms with Gasteiger partial charge in [0.15, 0.2) is 0 Å². The van der Waals surface area contributed by atoms with Crippen LogP contribution in [0.2, 0.25) is 0 Å². The zero-order valence-corrected chi connectivity index (χ0v) is 13.0. The maximum absolute atomic E-state index is 13.8. The SMILES string of the molecule is CCCNC(c1cc(C)c(F)c(C)c1)C1CCC(C)O1. The van der Waals surface area contributed by atoms with E-state index in [2.05, 4.69) is 19.2 Å². The topological polar surface area (TPSA) is 21.3 Å². The van der Waals surface area contributed by atoms with Crippen molar-refractivity contribution in [2.45, 2.75) is 65.2 Å². The summed E-state index contributed by atoms with van der Waals surface area (Å²) in [7, 11) is 0. The molecule has 1 aliphatic rings. The molecule has 3 heteroatoms. The minimum Gasteiger partial charge on any atom is -0.373 e. The number of nitrogens with one attached hydrogen (secondary N) is 1. The van der Waals surface area contributed by atoms with E-state index in [0.29, 0.717) is 17.2 Å². The molecule has 2 nitrogen and oxygen atoms in total. The molecule has 3 unspecified atom stereocenters. The summed E-state index contributed by atoms with van der Waals surface area (Å²) in [5.74, 6) is -0.0938. The fraction of sp³-hybridized carbons (Fsp3) is 0.647. The van der Waals surface area contributed by atoms with Gasteiger partial charge in [0, 0.05) is 0 Å². The van der Waals surface area contributed by atoms with Crippen molar-refractivity contribution in [3.8, 4) is 0 Å². The summed E-state index contributed by atoms with van der Waals surface area (Å²) in [6, 6.07) is 4.09. The van der Waals surface area contributed by atoms with Crippen molar-refractivity contribution in [2.75, 3.05) is 6.54 Å². The largest absolute Gasteiger partial charge is 0.373 e. The van der Waals surface area contributed by atoms with E-state index in [0.717, 1.165) is 31.4 Å². The van der Waals surface area contributed by atoms with E-state index >= 15 is 0 Å². The van der Waals surface area contributed by atoms with Gasteiger partial charge in [-0.15, -0.1) is 0 Å². The molecule has 1 aromatic rings. The second-order valence-electron chi connectivity index (χ2n) is 5.96. The second kappa shape index (κ2) is 6.68. The Labute approximate surface area is 121 Å². The average molecular weight is 279 g/mol. The summed E-state index contributed by atoms with van der Waals surface area (Å²) in [4.78, 5) is 0. The average Bonchev–Trinajstić information content (AvgIpc) is 2.83. The third-order valence-electron chi connectivity index (χ3n) is 4.07. The number of hydrogen-bond donors (Lipinski definition) is 1. The molecular weight excluding hydrogens is 253 g/mol. The molecule has 1 heterocycles. The molecule has 0 aromatic heterocycles. The van der Waals surface area contributed by atoms with Crippen LogP contribution in [0, 0.1) is 19.7 Å². The van der Waals surface area contributed by atoms with E-state index in [1.165, 1.54) is 0 Å². The normalized spacial score (nSPS) is 24.1. The Morgan fingerprint density at radius 2 is 1.95 bits per heavy atom. The van der Waals surface area contributed by atoms with Gasteiger partial charge in [-0.2, -0.15) is 0 Å². The molecule has 1 fully saturated rings. The van der Waals surface area contributed by atoms with Gasteiger partial charge in [0.2, 0.25) is 0 Å². The zero-order chi connectivity index (χ0) is 14.7. The van der Waals surface area contributed by atoms with E-state index in [1.54, 1.807) is 0 Å². The van der Waals surface area contributed by atoms with Crippen LogP contribution in [0.1, 0.15) is 55.8 Å². The van der Waals surface area contributed by atoms with Crippen LogP contribution in [0.5, 0.6) is 0 Å². The van der Waals surface area contributed by atoms with Crippen LogP contribution < -0.4 is 5.32 Å². The highest BCUT2D eigenvalue weighted by molar-refractivity contribution is 5.33. The summed E-state index contributed by atoms with van der Waals surface area (Å²) in [5, 5.41) is 3.57. The van der Waals surface area contributed by atoms with Gasteiger partial charge < -0.3 is 10.1 Å². The maximum Gasteiger partial charge on any atom is 0.129 e. The monoisotopic (exact) mass is 279 g/mol. The minimum atomic E-state index is -0.0938. The number of aryl methyl sites for hydroxylation is 2. The third-order valence-corrected chi connectivity index (χ3v) is 4.07. The fourth-order valence-electron chi connectivity index (χ4n) is 3.00. The zero-order valence-electron chi connectivity index (χ0n) is 13.0. The molecule has 1 saturated heterocycles. The summed E-state index contributed by atoms with van der Waals surface area (Å²) in [6.07, 6.45) is 3.78. The Morgan fingerprint density at radius 1 is 1.30 bits per heavy atom. The molecule has 1 aliphatic heterocycles. The summed E-state index contributed by atoms with van der Waals surface area (Å²) in [5.41, 5.74) is 2.58. The Hall–Kier alpha value is -0.930. The predicted octanol–water partition coefficient (Wildman–Crippen LogP) is 4.05. The van der Waals surface area contributed by atoms with Gasteiger partial charge in [-0.25, -0.2) is 4.39 Å². The van der Waals surface area contributed by atoms with Gasteiger partial charge in [0.05, 0.1) is 18.2 Å². The molecular formula is C17H26FNO. The van der Waals surface area contributed by atoms with E-state index in [9.17, 15) is 4.39 Å². The number of rotatable bonds is 5. The van der Waals surface area contributed by atoms with E-state index in [1.807, 2.05) is 26.0 Å². The summed E-state index contributed by atoms with van der Waals surface area (Å²) < 4.78 is 19.8. The smallest absolute Gasteiger partial charge is 0.129 e. The van der Waals surface area contributed by atoms with Gasteiger partial charge in [0.25, 0.3) is 0 Å². The lowest BCUT2D eigenvalue weighted by Crippen LogP contribution is -2.33. The molecule has 1 N–H and O–H groups in total. The van der Waals surface area contributed by atoms with E-state index < -0.39 is 0 Å². The Balaban J connectivity index is 2.26. The molecule has 0 spiro atoms. The second-order valence-corrected chi connectivity index (χ2v) is 5.96. The minimum absolute atomic E-state index is 0.0938. The summed E-state index contributed by atoms with van der Waals surface area (Å²) >= 11 is 0. The Morgan fingerprint density at radius 3 is 2.45 bits per heavy atom.